The largest absolute Gasteiger partial charge is 0.378 e. The molecule has 2 heterocycles. The van der Waals surface area contributed by atoms with Gasteiger partial charge in [-0.3, -0.25) is 0 Å². The Kier molecular flexibility index (Phi) is 2.99. The van der Waals surface area contributed by atoms with Crippen LogP contribution in [0.25, 0.3) is 0 Å². The van der Waals surface area contributed by atoms with Crippen LogP contribution in [0.2, 0.25) is 5.28 Å². The van der Waals surface area contributed by atoms with E-state index in [1.807, 2.05) is 0 Å². The summed E-state index contributed by atoms with van der Waals surface area (Å²) in [4.78, 5) is 14.8. The number of rotatable bonds is 3. The molecular formula is C11H16ClN5O. The normalized spacial score (nSPS) is 21.8. The van der Waals surface area contributed by atoms with Gasteiger partial charge in [0.2, 0.25) is 17.2 Å². The molecule has 0 amide bonds. The van der Waals surface area contributed by atoms with Gasteiger partial charge in [0.15, 0.2) is 0 Å². The lowest BCUT2D eigenvalue weighted by Gasteiger charge is -2.27. The van der Waals surface area contributed by atoms with Gasteiger partial charge < -0.3 is 15.0 Å². The third-order valence-corrected chi connectivity index (χ3v) is 3.47. The second-order valence-electron chi connectivity index (χ2n) is 5.01. The van der Waals surface area contributed by atoms with Gasteiger partial charge in [-0.2, -0.15) is 15.0 Å². The van der Waals surface area contributed by atoms with Crippen LogP contribution in [0.5, 0.6) is 0 Å². The fraction of sp³-hybridized carbons (Fsp3) is 0.727. The first-order chi connectivity index (χ1) is 8.65. The third-order valence-electron chi connectivity index (χ3n) is 3.30. The van der Waals surface area contributed by atoms with Crippen LogP contribution < -0.4 is 10.2 Å². The van der Waals surface area contributed by atoms with E-state index in [1.165, 1.54) is 0 Å². The van der Waals surface area contributed by atoms with Gasteiger partial charge in [0.25, 0.3) is 0 Å². The van der Waals surface area contributed by atoms with Gasteiger partial charge in [-0.05, 0) is 31.4 Å². The Morgan fingerprint density at radius 1 is 1.22 bits per heavy atom. The summed E-state index contributed by atoms with van der Waals surface area (Å²) in [6.45, 7) is 5.13. The molecule has 7 heteroatoms. The molecule has 2 aliphatic rings. The van der Waals surface area contributed by atoms with Gasteiger partial charge in [-0.1, -0.05) is 0 Å². The second kappa shape index (κ2) is 4.51. The predicted molar refractivity (Wildman–Crippen MR) is 69.1 cm³/mol. The van der Waals surface area contributed by atoms with Gasteiger partial charge in [0, 0.05) is 18.6 Å². The van der Waals surface area contributed by atoms with Gasteiger partial charge >= 0.3 is 0 Å². The van der Waals surface area contributed by atoms with Crippen molar-refractivity contribution in [2.24, 2.45) is 0 Å². The molecule has 0 unspecified atom stereocenters. The Morgan fingerprint density at radius 2 is 1.94 bits per heavy atom. The van der Waals surface area contributed by atoms with Crippen molar-refractivity contribution >= 4 is 23.5 Å². The molecule has 0 bridgehead atoms. The highest BCUT2D eigenvalue weighted by Gasteiger charge is 2.38. The summed E-state index contributed by atoms with van der Waals surface area (Å²) in [5, 5.41) is 3.54. The lowest BCUT2D eigenvalue weighted by atomic mass is 10.3. The monoisotopic (exact) mass is 269 g/mol. The molecule has 1 aliphatic carbocycles. The number of nitrogens with one attached hydrogen (secondary N) is 1. The minimum Gasteiger partial charge on any atom is -0.378 e. The number of ether oxygens (including phenoxy) is 1. The van der Waals surface area contributed by atoms with Crippen LogP contribution >= 0.6 is 11.6 Å². The van der Waals surface area contributed by atoms with Crippen LogP contribution in [0.3, 0.4) is 0 Å². The Hall–Kier alpha value is -1.14. The Morgan fingerprint density at radius 3 is 2.61 bits per heavy atom. The maximum Gasteiger partial charge on any atom is 0.231 e. The van der Waals surface area contributed by atoms with Crippen molar-refractivity contribution in [1.29, 1.82) is 0 Å². The minimum atomic E-state index is 0.132. The molecule has 1 saturated carbocycles. The maximum atomic E-state index is 5.96. The smallest absolute Gasteiger partial charge is 0.231 e. The third kappa shape index (κ3) is 2.64. The first-order valence-electron chi connectivity index (χ1n) is 6.17. The molecule has 3 rings (SSSR count). The zero-order valence-corrected chi connectivity index (χ0v) is 11.1. The molecule has 18 heavy (non-hydrogen) atoms. The van der Waals surface area contributed by atoms with E-state index in [0.29, 0.717) is 25.1 Å². The summed E-state index contributed by atoms with van der Waals surface area (Å²) < 4.78 is 5.31. The number of morpholine rings is 1. The average molecular weight is 270 g/mol. The zero-order chi connectivity index (χ0) is 12.6. The van der Waals surface area contributed by atoms with E-state index in [9.17, 15) is 0 Å². The lowest BCUT2D eigenvalue weighted by molar-refractivity contribution is 0.122. The molecular weight excluding hydrogens is 254 g/mol. The van der Waals surface area contributed by atoms with E-state index in [0.717, 1.165) is 25.9 Å². The fourth-order valence-corrected chi connectivity index (χ4v) is 2.04. The summed E-state index contributed by atoms with van der Waals surface area (Å²) in [6, 6.07) is 0. The van der Waals surface area contributed by atoms with Crippen LogP contribution in [0.1, 0.15) is 19.8 Å². The molecule has 1 aromatic heterocycles. The molecule has 6 nitrogen and oxygen atoms in total. The van der Waals surface area contributed by atoms with Crippen molar-refractivity contribution in [2.75, 3.05) is 36.5 Å². The highest BCUT2D eigenvalue weighted by atomic mass is 35.5. The van der Waals surface area contributed by atoms with Crippen LogP contribution in [0.15, 0.2) is 0 Å². The Balaban J connectivity index is 1.80. The van der Waals surface area contributed by atoms with E-state index in [-0.39, 0.29) is 10.8 Å². The molecule has 0 spiro atoms. The first-order valence-corrected chi connectivity index (χ1v) is 6.55. The van der Waals surface area contributed by atoms with Crippen molar-refractivity contribution in [3.63, 3.8) is 0 Å². The standard InChI is InChI=1S/C11H16ClN5O/c1-11(2-3-11)16-9-13-8(12)14-10(15-9)17-4-6-18-7-5-17/h2-7H2,1H3,(H,13,14,15,16). The van der Waals surface area contributed by atoms with Crippen molar-refractivity contribution in [3.8, 4) is 0 Å². The molecule has 1 aromatic rings. The van der Waals surface area contributed by atoms with Crippen LogP contribution in [-0.4, -0.2) is 46.8 Å². The molecule has 1 aliphatic heterocycles. The van der Waals surface area contributed by atoms with Gasteiger partial charge in [-0.15, -0.1) is 0 Å². The van der Waals surface area contributed by atoms with Crippen LogP contribution in [0, 0.1) is 0 Å². The van der Waals surface area contributed by atoms with Crippen molar-refractivity contribution in [2.45, 2.75) is 25.3 Å². The summed E-state index contributed by atoms with van der Waals surface area (Å²) in [5.74, 6) is 1.20. The van der Waals surface area contributed by atoms with E-state index >= 15 is 0 Å². The topological polar surface area (TPSA) is 63.2 Å². The zero-order valence-electron chi connectivity index (χ0n) is 10.3. The van der Waals surface area contributed by atoms with E-state index in [4.69, 9.17) is 16.3 Å². The van der Waals surface area contributed by atoms with E-state index in [2.05, 4.69) is 32.1 Å². The number of anilines is 2. The van der Waals surface area contributed by atoms with Gasteiger partial charge in [-0.25, -0.2) is 0 Å². The fourth-order valence-electron chi connectivity index (χ4n) is 1.88. The number of nitrogens with zero attached hydrogens (tertiary/aromatic N) is 4. The number of aromatic nitrogens is 3. The summed E-state index contributed by atoms with van der Waals surface area (Å²) >= 11 is 5.96. The molecule has 98 valence electrons. The Bertz CT molecular complexity index is 445. The lowest BCUT2D eigenvalue weighted by Crippen LogP contribution is -2.37. The Labute approximate surface area is 111 Å². The number of hydrogen-bond acceptors (Lipinski definition) is 6. The quantitative estimate of drug-likeness (QED) is 0.893. The molecule has 1 saturated heterocycles. The van der Waals surface area contributed by atoms with E-state index in [1.54, 1.807) is 0 Å². The predicted octanol–water partition coefficient (Wildman–Crippen LogP) is 1.33. The van der Waals surface area contributed by atoms with Gasteiger partial charge in [0.05, 0.1) is 13.2 Å². The highest BCUT2D eigenvalue weighted by molar-refractivity contribution is 6.28. The molecule has 0 atom stereocenters. The number of hydrogen-bond donors (Lipinski definition) is 1. The number of halogens is 1. The summed E-state index contributed by atoms with van der Waals surface area (Å²) in [7, 11) is 0. The first kappa shape index (κ1) is 11.9. The summed E-state index contributed by atoms with van der Waals surface area (Å²) in [5.41, 5.74) is 0.132. The molecule has 0 aromatic carbocycles. The van der Waals surface area contributed by atoms with E-state index < -0.39 is 0 Å². The second-order valence-corrected chi connectivity index (χ2v) is 5.35. The van der Waals surface area contributed by atoms with Crippen molar-refractivity contribution in [3.05, 3.63) is 5.28 Å². The van der Waals surface area contributed by atoms with Gasteiger partial charge in [0.1, 0.15) is 0 Å². The minimum absolute atomic E-state index is 0.132. The molecule has 2 fully saturated rings. The molecule has 1 N–H and O–H groups in total. The van der Waals surface area contributed by atoms with Crippen molar-refractivity contribution < 1.29 is 4.74 Å². The van der Waals surface area contributed by atoms with Crippen molar-refractivity contribution in [1.82, 2.24) is 15.0 Å². The highest BCUT2D eigenvalue weighted by Crippen LogP contribution is 2.37. The summed E-state index contributed by atoms with van der Waals surface area (Å²) in [6.07, 6.45) is 2.28. The maximum absolute atomic E-state index is 5.96. The SMILES string of the molecule is CC1(Nc2nc(Cl)nc(N3CCOCC3)n2)CC1. The average Bonchev–Trinajstić information content (AvgIpc) is 3.07. The van der Waals surface area contributed by atoms with Crippen LogP contribution in [-0.2, 0) is 4.74 Å². The molecule has 0 radical (unpaired) electrons. The van der Waals surface area contributed by atoms with Crippen LogP contribution in [0.4, 0.5) is 11.9 Å².